The number of amides is 1. The summed E-state index contributed by atoms with van der Waals surface area (Å²) in [5.74, 6) is 0.232. The Morgan fingerprint density at radius 1 is 0.905 bits per heavy atom. The van der Waals surface area contributed by atoms with E-state index in [9.17, 15) is 14.4 Å². The summed E-state index contributed by atoms with van der Waals surface area (Å²) in [6.45, 7) is 2.36. The summed E-state index contributed by atoms with van der Waals surface area (Å²) in [6.07, 6.45) is 1.69. The van der Waals surface area contributed by atoms with Crippen molar-refractivity contribution in [2.24, 2.45) is 0 Å². The van der Waals surface area contributed by atoms with Gasteiger partial charge in [-0.15, -0.1) is 0 Å². The van der Waals surface area contributed by atoms with Crippen LogP contribution in [0.1, 0.15) is 57.8 Å². The molecule has 6 rings (SSSR count). The Morgan fingerprint density at radius 2 is 1.67 bits per heavy atom. The molecule has 5 aromatic rings. The lowest BCUT2D eigenvalue weighted by Gasteiger charge is -2.25. The van der Waals surface area contributed by atoms with E-state index in [2.05, 4.69) is 0 Å². The minimum atomic E-state index is -0.825. The molecule has 0 bridgehead atoms. The van der Waals surface area contributed by atoms with Gasteiger partial charge in [0.1, 0.15) is 17.1 Å². The first-order valence-electron chi connectivity index (χ1n) is 13.6. The summed E-state index contributed by atoms with van der Waals surface area (Å²) in [4.78, 5) is 41.9. The van der Waals surface area contributed by atoms with Crippen LogP contribution in [0.4, 0.5) is 5.69 Å². The highest BCUT2D eigenvalue weighted by molar-refractivity contribution is 6.31. The van der Waals surface area contributed by atoms with Crippen LogP contribution in [-0.4, -0.2) is 18.5 Å². The fraction of sp³-hybridized carbons (Fsp3) is 0.147. The highest BCUT2D eigenvalue weighted by Crippen LogP contribution is 2.42. The molecule has 1 aromatic heterocycles. The third-order valence-corrected chi connectivity index (χ3v) is 7.33. The number of hydrogen-bond acceptors (Lipinski definition) is 6. The number of esters is 1. The van der Waals surface area contributed by atoms with Gasteiger partial charge in [-0.25, -0.2) is 4.79 Å². The van der Waals surface area contributed by atoms with Crippen molar-refractivity contribution < 1.29 is 23.5 Å². The van der Waals surface area contributed by atoms with Crippen LogP contribution < -0.4 is 15.1 Å². The number of para-hydroxylation sites is 1. The second-order valence-electron chi connectivity index (χ2n) is 9.92. The standard InChI is InChI=1S/C34H26ClNO6/c1-2-3-18-40-34(39)21-12-15-24(16-13-21)36-30(22-8-7-11-26(19-22)41-25-9-5-4-6-10-25)29-31(37)27-20-23(35)14-17-28(27)42-32(29)33(36)38/h4-17,19-20,30H,2-3,18H2,1H3. The van der Waals surface area contributed by atoms with Gasteiger partial charge >= 0.3 is 5.97 Å². The van der Waals surface area contributed by atoms with E-state index in [1.54, 1.807) is 54.6 Å². The molecule has 2 heterocycles. The zero-order valence-corrected chi connectivity index (χ0v) is 23.5. The number of hydrogen-bond donors (Lipinski definition) is 0. The van der Waals surface area contributed by atoms with Gasteiger partial charge in [0.05, 0.1) is 29.2 Å². The number of carbonyl (C=O) groups excluding carboxylic acids is 2. The molecule has 1 aliphatic heterocycles. The summed E-state index contributed by atoms with van der Waals surface area (Å²) in [7, 11) is 0. The fourth-order valence-electron chi connectivity index (χ4n) is 5.05. The molecule has 0 radical (unpaired) electrons. The molecular formula is C34H26ClNO6. The number of unbranched alkanes of at least 4 members (excludes halogenated alkanes) is 1. The predicted molar refractivity (Wildman–Crippen MR) is 161 cm³/mol. The van der Waals surface area contributed by atoms with Crippen LogP contribution in [0.2, 0.25) is 5.02 Å². The summed E-state index contributed by atoms with van der Waals surface area (Å²) < 4.78 is 17.4. The number of carbonyl (C=O) groups is 2. The molecule has 0 N–H and O–H groups in total. The van der Waals surface area contributed by atoms with Crippen LogP contribution in [0.25, 0.3) is 11.0 Å². The minimum Gasteiger partial charge on any atom is -0.462 e. The molecule has 8 heteroatoms. The van der Waals surface area contributed by atoms with Crippen molar-refractivity contribution in [2.45, 2.75) is 25.8 Å². The quantitative estimate of drug-likeness (QED) is 0.137. The third kappa shape index (κ3) is 5.15. The molecule has 4 aromatic carbocycles. The molecule has 1 amide bonds. The van der Waals surface area contributed by atoms with E-state index in [0.717, 1.165) is 12.8 Å². The molecule has 42 heavy (non-hydrogen) atoms. The lowest BCUT2D eigenvalue weighted by atomic mass is 9.98. The molecule has 1 aliphatic rings. The molecule has 1 atom stereocenters. The topological polar surface area (TPSA) is 86.0 Å². The molecule has 0 aliphatic carbocycles. The summed E-state index contributed by atoms with van der Waals surface area (Å²) >= 11 is 6.21. The predicted octanol–water partition coefficient (Wildman–Crippen LogP) is 7.95. The van der Waals surface area contributed by atoms with E-state index in [-0.39, 0.29) is 27.7 Å². The van der Waals surface area contributed by atoms with E-state index in [1.165, 1.54) is 4.90 Å². The average Bonchev–Trinajstić information content (AvgIpc) is 3.30. The first kappa shape index (κ1) is 27.3. The molecule has 210 valence electrons. The van der Waals surface area contributed by atoms with Crippen molar-refractivity contribution in [3.63, 3.8) is 0 Å². The fourth-order valence-corrected chi connectivity index (χ4v) is 5.22. The monoisotopic (exact) mass is 579 g/mol. The Kier molecular flexibility index (Phi) is 7.50. The number of rotatable bonds is 8. The number of anilines is 1. The Labute approximate surface area is 246 Å². The van der Waals surface area contributed by atoms with E-state index < -0.39 is 17.9 Å². The first-order chi connectivity index (χ1) is 20.4. The molecule has 1 unspecified atom stereocenters. The highest BCUT2D eigenvalue weighted by atomic mass is 35.5. The zero-order valence-electron chi connectivity index (χ0n) is 22.7. The van der Waals surface area contributed by atoms with Crippen LogP contribution >= 0.6 is 11.6 Å². The van der Waals surface area contributed by atoms with Crippen molar-refractivity contribution in [3.8, 4) is 11.5 Å². The number of benzene rings is 4. The maximum Gasteiger partial charge on any atom is 0.338 e. The van der Waals surface area contributed by atoms with Crippen LogP contribution in [0.3, 0.4) is 0 Å². The van der Waals surface area contributed by atoms with Gasteiger partial charge in [0.2, 0.25) is 5.76 Å². The highest BCUT2D eigenvalue weighted by Gasteiger charge is 2.43. The van der Waals surface area contributed by atoms with Crippen LogP contribution in [0, 0.1) is 0 Å². The van der Waals surface area contributed by atoms with E-state index >= 15 is 0 Å². The van der Waals surface area contributed by atoms with E-state index in [4.69, 9.17) is 25.5 Å². The van der Waals surface area contributed by atoms with Crippen LogP contribution in [-0.2, 0) is 4.74 Å². The van der Waals surface area contributed by atoms with E-state index in [1.807, 2.05) is 49.4 Å². The smallest absolute Gasteiger partial charge is 0.338 e. The third-order valence-electron chi connectivity index (χ3n) is 7.10. The van der Waals surface area contributed by atoms with E-state index in [0.29, 0.717) is 39.9 Å². The maximum atomic E-state index is 14.0. The van der Waals surface area contributed by atoms with Gasteiger partial charge in [-0.3, -0.25) is 14.5 Å². The van der Waals surface area contributed by atoms with Gasteiger partial charge in [-0.1, -0.05) is 55.3 Å². The Bertz CT molecular complexity index is 1850. The van der Waals surface area contributed by atoms with Gasteiger partial charge in [0.15, 0.2) is 5.43 Å². The Hall–Kier alpha value is -4.88. The van der Waals surface area contributed by atoms with Gasteiger partial charge in [0, 0.05) is 10.7 Å². The molecule has 0 saturated heterocycles. The van der Waals surface area contributed by atoms with Gasteiger partial charge < -0.3 is 13.9 Å². The van der Waals surface area contributed by atoms with Gasteiger partial charge in [-0.2, -0.15) is 0 Å². The second-order valence-corrected chi connectivity index (χ2v) is 10.4. The summed E-state index contributed by atoms with van der Waals surface area (Å²) in [5, 5.41) is 0.662. The van der Waals surface area contributed by atoms with Crippen molar-refractivity contribution in [1.29, 1.82) is 0 Å². The van der Waals surface area contributed by atoms with Crippen molar-refractivity contribution in [1.82, 2.24) is 0 Å². The largest absolute Gasteiger partial charge is 0.462 e. The van der Waals surface area contributed by atoms with Crippen molar-refractivity contribution in [2.75, 3.05) is 11.5 Å². The van der Waals surface area contributed by atoms with Crippen molar-refractivity contribution >= 4 is 40.1 Å². The molecule has 0 saturated carbocycles. The van der Waals surface area contributed by atoms with Gasteiger partial charge in [-0.05, 0) is 78.7 Å². The lowest BCUT2D eigenvalue weighted by molar-refractivity contribution is 0.0499. The summed E-state index contributed by atoms with van der Waals surface area (Å²) in [6, 6.07) is 27.0. The van der Waals surface area contributed by atoms with Gasteiger partial charge in [0.25, 0.3) is 5.91 Å². The normalized spacial score (nSPS) is 14.2. The lowest BCUT2D eigenvalue weighted by Crippen LogP contribution is -2.29. The van der Waals surface area contributed by atoms with Crippen LogP contribution in [0.15, 0.2) is 106 Å². The summed E-state index contributed by atoms with van der Waals surface area (Å²) in [5.41, 5.74) is 1.62. The second kappa shape index (κ2) is 11.5. The zero-order chi connectivity index (χ0) is 29.2. The molecule has 0 spiro atoms. The SMILES string of the molecule is CCCCOC(=O)c1ccc(N2C(=O)c3oc4ccc(Cl)cc4c(=O)c3C2c2cccc(Oc3ccccc3)c2)cc1. The molecular weight excluding hydrogens is 554 g/mol. The first-order valence-corrected chi connectivity index (χ1v) is 14.0. The average molecular weight is 580 g/mol. The number of fused-ring (bicyclic) bond motifs is 2. The minimum absolute atomic E-state index is 0.0442. The number of halogens is 1. The van der Waals surface area contributed by atoms with Crippen LogP contribution in [0.5, 0.6) is 11.5 Å². The molecule has 7 nitrogen and oxygen atoms in total. The Morgan fingerprint density at radius 3 is 2.43 bits per heavy atom. The maximum absolute atomic E-state index is 14.0. The molecule has 0 fully saturated rings. The number of ether oxygens (including phenoxy) is 2. The number of nitrogens with zero attached hydrogens (tertiary/aromatic N) is 1. The Balaban J connectivity index is 1.45. The van der Waals surface area contributed by atoms with Crippen molar-refractivity contribution in [3.05, 3.63) is 135 Å².